The van der Waals surface area contributed by atoms with Crippen molar-refractivity contribution in [2.45, 2.75) is 38.6 Å². The number of imide groups is 1. The van der Waals surface area contributed by atoms with E-state index in [4.69, 9.17) is 9.47 Å². The lowest BCUT2D eigenvalue weighted by Crippen LogP contribution is -2.55. The van der Waals surface area contributed by atoms with Gasteiger partial charge in [0.15, 0.2) is 11.6 Å². The van der Waals surface area contributed by atoms with Crippen LogP contribution in [0.2, 0.25) is 0 Å². The third kappa shape index (κ3) is 8.34. The van der Waals surface area contributed by atoms with Crippen molar-refractivity contribution in [1.82, 2.24) is 20.4 Å². The topological polar surface area (TPSA) is 129 Å². The minimum Gasteiger partial charge on any atom is -0.466 e. The van der Waals surface area contributed by atoms with Gasteiger partial charge in [-0.2, -0.15) is 0 Å². The number of halogens is 2. The normalized spacial score (nSPS) is 16.9. The third-order valence-corrected chi connectivity index (χ3v) is 7.72. The molecule has 11 nitrogen and oxygen atoms in total. The number of anilines is 1. The molecule has 1 atom stereocenters. The number of carbonyl (C=O) groups excluding carboxylic acids is 4. The van der Waals surface area contributed by atoms with E-state index < -0.39 is 35.7 Å². The molecule has 13 heteroatoms. The highest BCUT2D eigenvalue weighted by atomic mass is 19.2. The number of nitrogens with zero attached hydrogens (tertiary/aromatic N) is 2. The number of amides is 5. The monoisotopic (exact) mass is 639 g/mol. The Labute approximate surface area is 266 Å². The van der Waals surface area contributed by atoms with Gasteiger partial charge in [0.1, 0.15) is 6.04 Å². The molecule has 2 aromatic carbocycles. The first-order chi connectivity index (χ1) is 22.2. The van der Waals surface area contributed by atoms with Gasteiger partial charge in [0.05, 0.1) is 25.0 Å². The summed E-state index contributed by atoms with van der Waals surface area (Å²) in [5.41, 5.74) is 2.93. The molecule has 0 radical (unpaired) electrons. The zero-order chi connectivity index (χ0) is 33.2. The van der Waals surface area contributed by atoms with Crippen LogP contribution in [0, 0.1) is 11.6 Å². The van der Waals surface area contributed by atoms with Gasteiger partial charge in [-0.05, 0) is 60.2 Å². The molecule has 0 bridgehead atoms. The molecule has 3 N–H and O–H groups in total. The van der Waals surface area contributed by atoms with Crippen molar-refractivity contribution in [3.63, 3.8) is 0 Å². The SMILES string of the molecule is CCCC(=O)Nc1cccc(C2=CCN(CCCNC(=O)N3C(=O)NC(COC)=C(C(=O)OC)[C@@H]3c3ccc(F)c(F)c3)CC2)c1. The second-order valence-corrected chi connectivity index (χ2v) is 10.9. The molecule has 0 aliphatic carbocycles. The fourth-order valence-corrected chi connectivity index (χ4v) is 5.49. The highest BCUT2D eigenvalue weighted by Gasteiger charge is 2.43. The maximum Gasteiger partial charge on any atom is 0.338 e. The summed E-state index contributed by atoms with van der Waals surface area (Å²) in [5.74, 6) is -3.20. The number of hydrogen-bond donors (Lipinski definition) is 3. The van der Waals surface area contributed by atoms with Gasteiger partial charge in [-0.15, -0.1) is 0 Å². The van der Waals surface area contributed by atoms with Crippen LogP contribution in [-0.4, -0.2) is 80.7 Å². The van der Waals surface area contributed by atoms with E-state index in [-0.39, 0.29) is 35.9 Å². The van der Waals surface area contributed by atoms with Crippen LogP contribution in [0.3, 0.4) is 0 Å². The van der Waals surface area contributed by atoms with E-state index in [9.17, 15) is 28.0 Å². The lowest BCUT2D eigenvalue weighted by molar-refractivity contribution is -0.137. The van der Waals surface area contributed by atoms with E-state index in [1.807, 2.05) is 31.2 Å². The predicted molar refractivity (Wildman–Crippen MR) is 167 cm³/mol. The molecule has 0 unspecified atom stereocenters. The van der Waals surface area contributed by atoms with Gasteiger partial charge >= 0.3 is 18.0 Å². The standard InChI is InChI=1S/C33H39F2N5O6/c1-4-7-28(41)37-24-9-5-8-22(18-24)21-12-16-39(17-13-21)15-6-14-36-32(43)40-30(23-10-11-25(34)26(35)19-23)29(31(42)46-3)27(20-45-2)38-33(40)44/h5,8-12,18-19,30H,4,6-7,13-17,20H2,1-3H3,(H,36,43)(H,37,41)(H,38,44)/t30-/m0/s1. The van der Waals surface area contributed by atoms with Crippen LogP contribution < -0.4 is 16.0 Å². The Bertz CT molecular complexity index is 1530. The Hall–Kier alpha value is -4.62. The highest BCUT2D eigenvalue weighted by Crippen LogP contribution is 2.35. The van der Waals surface area contributed by atoms with Crippen molar-refractivity contribution in [3.8, 4) is 0 Å². The van der Waals surface area contributed by atoms with E-state index in [1.165, 1.54) is 18.7 Å². The summed E-state index contributed by atoms with van der Waals surface area (Å²) < 4.78 is 38.1. The van der Waals surface area contributed by atoms with Gasteiger partial charge in [-0.25, -0.2) is 28.1 Å². The molecule has 2 aliphatic rings. The molecular formula is C33H39F2N5O6. The van der Waals surface area contributed by atoms with Gasteiger partial charge in [-0.3, -0.25) is 9.69 Å². The van der Waals surface area contributed by atoms with Crippen LogP contribution in [0.1, 0.15) is 49.8 Å². The molecule has 46 heavy (non-hydrogen) atoms. The highest BCUT2D eigenvalue weighted by molar-refractivity contribution is 6.01. The average Bonchev–Trinajstić information content (AvgIpc) is 3.04. The summed E-state index contributed by atoms with van der Waals surface area (Å²) in [6, 6.07) is 7.61. The number of benzene rings is 2. The molecule has 246 valence electrons. The van der Waals surface area contributed by atoms with Crippen LogP contribution >= 0.6 is 0 Å². The van der Waals surface area contributed by atoms with Crippen molar-refractivity contribution in [3.05, 3.63) is 82.6 Å². The summed E-state index contributed by atoms with van der Waals surface area (Å²) in [7, 11) is 2.49. The first kappa shape index (κ1) is 34.3. The number of nitrogens with one attached hydrogen (secondary N) is 3. The molecule has 0 aromatic heterocycles. The minimum atomic E-state index is -1.40. The molecule has 4 rings (SSSR count). The maximum atomic E-state index is 14.3. The van der Waals surface area contributed by atoms with Crippen molar-refractivity contribution in [2.24, 2.45) is 0 Å². The second-order valence-electron chi connectivity index (χ2n) is 10.9. The molecular weight excluding hydrogens is 600 g/mol. The first-order valence-corrected chi connectivity index (χ1v) is 15.1. The van der Waals surface area contributed by atoms with Crippen LogP contribution in [0.15, 0.2) is 59.8 Å². The zero-order valence-electron chi connectivity index (χ0n) is 26.2. The Morgan fingerprint density at radius 1 is 1.09 bits per heavy atom. The fraction of sp³-hybridized carbons (Fsp3) is 0.394. The van der Waals surface area contributed by atoms with Crippen molar-refractivity contribution in [2.75, 3.05) is 52.3 Å². The number of methoxy groups -OCH3 is 2. The molecule has 5 amide bonds. The molecule has 0 saturated carbocycles. The number of carbonyl (C=O) groups is 4. The van der Waals surface area contributed by atoms with Crippen LogP contribution in [0.4, 0.5) is 24.1 Å². The lowest BCUT2D eigenvalue weighted by atomic mass is 9.93. The number of hydrogen-bond acceptors (Lipinski definition) is 7. The van der Waals surface area contributed by atoms with E-state index in [0.29, 0.717) is 25.9 Å². The van der Waals surface area contributed by atoms with E-state index in [1.54, 1.807) is 0 Å². The van der Waals surface area contributed by atoms with Crippen molar-refractivity contribution >= 4 is 35.2 Å². The van der Waals surface area contributed by atoms with Gasteiger partial charge in [0, 0.05) is 45.4 Å². The zero-order valence-corrected chi connectivity index (χ0v) is 26.2. The molecule has 0 fully saturated rings. The summed E-state index contributed by atoms with van der Waals surface area (Å²) in [6.07, 6.45) is 4.79. The first-order valence-electron chi connectivity index (χ1n) is 15.1. The molecule has 0 saturated heterocycles. The van der Waals surface area contributed by atoms with E-state index in [2.05, 4.69) is 26.9 Å². The largest absolute Gasteiger partial charge is 0.466 e. The lowest BCUT2D eigenvalue weighted by Gasteiger charge is -2.36. The predicted octanol–water partition coefficient (Wildman–Crippen LogP) is 4.73. The molecule has 2 aliphatic heterocycles. The fourth-order valence-electron chi connectivity index (χ4n) is 5.49. The molecule has 0 spiro atoms. The summed E-state index contributed by atoms with van der Waals surface area (Å²) >= 11 is 0. The minimum absolute atomic E-state index is 0.00249. The number of urea groups is 2. The summed E-state index contributed by atoms with van der Waals surface area (Å²) in [5, 5.41) is 8.14. The third-order valence-electron chi connectivity index (χ3n) is 7.72. The summed E-state index contributed by atoms with van der Waals surface area (Å²) in [6.45, 7) is 4.15. The smallest absolute Gasteiger partial charge is 0.338 e. The summed E-state index contributed by atoms with van der Waals surface area (Å²) in [4.78, 5) is 54.4. The molecule has 2 aromatic rings. The van der Waals surface area contributed by atoms with Crippen molar-refractivity contribution < 1.29 is 37.4 Å². The number of ether oxygens (including phenoxy) is 2. The maximum absolute atomic E-state index is 14.3. The van der Waals surface area contributed by atoms with Gasteiger partial charge < -0.3 is 25.4 Å². The quantitative estimate of drug-likeness (QED) is 0.226. The Morgan fingerprint density at radius 2 is 1.89 bits per heavy atom. The van der Waals surface area contributed by atoms with Gasteiger partial charge in [-0.1, -0.05) is 31.2 Å². The van der Waals surface area contributed by atoms with Crippen LogP contribution in [0.5, 0.6) is 0 Å². The molecule has 2 heterocycles. The number of rotatable bonds is 12. The van der Waals surface area contributed by atoms with Crippen LogP contribution in [0.25, 0.3) is 5.57 Å². The van der Waals surface area contributed by atoms with E-state index in [0.717, 1.165) is 54.8 Å². The Morgan fingerprint density at radius 3 is 2.57 bits per heavy atom. The number of esters is 1. The Balaban J connectivity index is 1.39. The van der Waals surface area contributed by atoms with Crippen molar-refractivity contribution in [1.29, 1.82) is 0 Å². The van der Waals surface area contributed by atoms with Gasteiger partial charge in [0.2, 0.25) is 5.91 Å². The second kappa shape index (κ2) is 16.1. The van der Waals surface area contributed by atoms with Crippen LogP contribution in [-0.2, 0) is 19.1 Å². The van der Waals surface area contributed by atoms with E-state index >= 15 is 0 Å². The average molecular weight is 640 g/mol. The Kier molecular flexibility index (Phi) is 12.0. The van der Waals surface area contributed by atoms with Gasteiger partial charge in [0.25, 0.3) is 0 Å².